The molecule has 0 aromatic heterocycles. The van der Waals surface area contributed by atoms with Crippen LogP contribution in [0.1, 0.15) is 31.9 Å². The minimum Gasteiger partial charge on any atom is -0.324 e. The lowest BCUT2D eigenvalue weighted by molar-refractivity contribution is 0.455. The monoisotopic (exact) mass is 289 g/mol. The Kier molecular flexibility index (Phi) is 4.19. The summed E-state index contributed by atoms with van der Waals surface area (Å²) in [4.78, 5) is 0. The van der Waals surface area contributed by atoms with Crippen molar-refractivity contribution in [2.24, 2.45) is 11.7 Å². The van der Waals surface area contributed by atoms with Crippen LogP contribution >= 0.6 is 22.6 Å². The van der Waals surface area contributed by atoms with E-state index in [0.717, 1.165) is 6.42 Å². The van der Waals surface area contributed by atoms with Crippen molar-refractivity contribution in [1.29, 1.82) is 0 Å². The van der Waals surface area contributed by atoms with Gasteiger partial charge in [-0.15, -0.1) is 0 Å². The van der Waals surface area contributed by atoms with Crippen LogP contribution in [0.4, 0.5) is 0 Å². The average molecular weight is 289 g/mol. The maximum absolute atomic E-state index is 6.15. The third-order valence-electron chi connectivity index (χ3n) is 2.52. The van der Waals surface area contributed by atoms with E-state index in [1.54, 1.807) is 0 Å². The maximum Gasteiger partial charge on any atom is 0.0331 e. The number of hydrogen-bond donors (Lipinski definition) is 1. The van der Waals surface area contributed by atoms with Gasteiger partial charge in [0.05, 0.1) is 0 Å². The Hall–Kier alpha value is -0.0900. The molecule has 1 nitrogen and oxygen atoms in total. The Labute approximate surface area is 93.9 Å². The zero-order valence-corrected chi connectivity index (χ0v) is 10.3. The molecule has 0 aliphatic heterocycles. The van der Waals surface area contributed by atoms with Crippen molar-refractivity contribution in [2.75, 3.05) is 0 Å². The predicted molar refractivity (Wildman–Crippen MR) is 65.5 cm³/mol. The number of hydrogen-bond acceptors (Lipinski definition) is 1. The molecule has 2 N–H and O–H groups in total. The van der Waals surface area contributed by atoms with Crippen LogP contribution in [0.15, 0.2) is 24.3 Å². The second kappa shape index (κ2) is 4.96. The van der Waals surface area contributed by atoms with Crippen molar-refractivity contribution in [3.8, 4) is 0 Å². The summed E-state index contributed by atoms with van der Waals surface area (Å²) in [5, 5.41) is 0. The molecule has 1 aromatic carbocycles. The van der Waals surface area contributed by atoms with Crippen LogP contribution in [0, 0.1) is 9.49 Å². The lowest BCUT2D eigenvalue weighted by atomic mass is 9.93. The van der Waals surface area contributed by atoms with Crippen molar-refractivity contribution in [1.82, 2.24) is 0 Å². The van der Waals surface area contributed by atoms with Crippen LogP contribution in [-0.4, -0.2) is 0 Å². The van der Waals surface area contributed by atoms with Crippen molar-refractivity contribution in [2.45, 2.75) is 26.3 Å². The highest BCUT2D eigenvalue weighted by Crippen LogP contribution is 2.25. The van der Waals surface area contributed by atoms with Crippen LogP contribution in [0.2, 0.25) is 0 Å². The first-order valence-electron chi connectivity index (χ1n) is 4.66. The predicted octanol–water partition coefficient (Wildman–Crippen LogP) is 3.34. The van der Waals surface area contributed by atoms with Crippen LogP contribution in [0.5, 0.6) is 0 Å². The SMILES string of the molecule is CCC(C)[C@@H](N)c1ccccc1I. The highest BCUT2D eigenvalue weighted by molar-refractivity contribution is 14.1. The summed E-state index contributed by atoms with van der Waals surface area (Å²) >= 11 is 2.35. The van der Waals surface area contributed by atoms with E-state index < -0.39 is 0 Å². The second-order valence-corrected chi connectivity index (χ2v) is 4.60. The van der Waals surface area contributed by atoms with E-state index in [1.165, 1.54) is 9.13 Å². The molecule has 13 heavy (non-hydrogen) atoms. The van der Waals surface area contributed by atoms with Gasteiger partial charge >= 0.3 is 0 Å². The smallest absolute Gasteiger partial charge is 0.0331 e. The van der Waals surface area contributed by atoms with Gasteiger partial charge in [0, 0.05) is 9.61 Å². The molecule has 2 heteroatoms. The van der Waals surface area contributed by atoms with E-state index in [1.807, 2.05) is 0 Å². The number of benzene rings is 1. The average Bonchev–Trinajstić information content (AvgIpc) is 2.16. The maximum atomic E-state index is 6.15. The van der Waals surface area contributed by atoms with Gasteiger partial charge in [-0.2, -0.15) is 0 Å². The molecule has 0 amide bonds. The van der Waals surface area contributed by atoms with Gasteiger partial charge in [-0.25, -0.2) is 0 Å². The van der Waals surface area contributed by atoms with E-state index in [9.17, 15) is 0 Å². The molecular formula is C11H16IN. The highest BCUT2D eigenvalue weighted by Gasteiger charge is 2.14. The van der Waals surface area contributed by atoms with Gasteiger partial charge in [-0.1, -0.05) is 38.5 Å². The van der Waals surface area contributed by atoms with Crippen molar-refractivity contribution in [3.05, 3.63) is 33.4 Å². The van der Waals surface area contributed by atoms with Gasteiger partial charge in [0.1, 0.15) is 0 Å². The molecule has 0 aliphatic rings. The van der Waals surface area contributed by atoms with E-state index in [2.05, 4.69) is 60.7 Å². The van der Waals surface area contributed by atoms with Gasteiger partial charge < -0.3 is 5.73 Å². The topological polar surface area (TPSA) is 26.0 Å². The Balaban J connectivity index is 2.88. The first kappa shape index (κ1) is 11.0. The van der Waals surface area contributed by atoms with Crippen LogP contribution in [-0.2, 0) is 0 Å². The van der Waals surface area contributed by atoms with E-state index in [0.29, 0.717) is 5.92 Å². The zero-order chi connectivity index (χ0) is 9.84. The Morgan fingerprint density at radius 1 is 1.38 bits per heavy atom. The first-order valence-corrected chi connectivity index (χ1v) is 5.74. The van der Waals surface area contributed by atoms with Crippen molar-refractivity contribution in [3.63, 3.8) is 0 Å². The van der Waals surface area contributed by atoms with Gasteiger partial charge in [0.25, 0.3) is 0 Å². The molecule has 0 aliphatic carbocycles. The summed E-state index contributed by atoms with van der Waals surface area (Å²) in [5.74, 6) is 0.552. The number of nitrogens with two attached hydrogens (primary N) is 1. The molecule has 0 bridgehead atoms. The van der Waals surface area contributed by atoms with E-state index >= 15 is 0 Å². The summed E-state index contributed by atoms with van der Waals surface area (Å²) in [6.45, 7) is 4.38. The molecule has 1 rings (SSSR count). The fourth-order valence-corrected chi connectivity index (χ4v) is 2.05. The van der Waals surface area contributed by atoms with Gasteiger partial charge in [-0.3, -0.25) is 0 Å². The summed E-state index contributed by atoms with van der Waals surface area (Å²) in [6, 6.07) is 8.52. The highest BCUT2D eigenvalue weighted by atomic mass is 127. The summed E-state index contributed by atoms with van der Waals surface area (Å²) in [5.41, 5.74) is 7.42. The lowest BCUT2D eigenvalue weighted by Crippen LogP contribution is -2.19. The van der Waals surface area contributed by atoms with Crippen molar-refractivity contribution >= 4 is 22.6 Å². The van der Waals surface area contributed by atoms with Gasteiger partial charge in [-0.05, 0) is 40.1 Å². The normalized spacial score (nSPS) is 15.4. The standard InChI is InChI=1S/C11H16IN/c1-3-8(2)11(13)9-6-4-5-7-10(9)12/h4-8,11H,3,13H2,1-2H3/t8?,11-/m1/s1. The molecule has 0 heterocycles. The minimum absolute atomic E-state index is 0.179. The fourth-order valence-electron chi connectivity index (χ4n) is 1.31. The Bertz CT molecular complexity index is 273. The molecule has 0 saturated heterocycles. The Morgan fingerprint density at radius 3 is 2.54 bits per heavy atom. The lowest BCUT2D eigenvalue weighted by Gasteiger charge is -2.19. The number of halogens is 1. The van der Waals surface area contributed by atoms with E-state index in [4.69, 9.17) is 5.73 Å². The van der Waals surface area contributed by atoms with Crippen LogP contribution in [0.3, 0.4) is 0 Å². The largest absolute Gasteiger partial charge is 0.324 e. The molecule has 0 spiro atoms. The van der Waals surface area contributed by atoms with Crippen LogP contribution < -0.4 is 5.73 Å². The summed E-state index contributed by atoms with van der Waals surface area (Å²) in [6.07, 6.45) is 1.13. The molecule has 72 valence electrons. The third-order valence-corrected chi connectivity index (χ3v) is 3.50. The van der Waals surface area contributed by atoms with E-state index in [-0.39, 0.29) is 6.04 Å². The molecule has 0 radical (unpaired) electrons. The molecular weight excluding hydrogens is 273 g/mol. The second-order valence-electron chi connectivity index (χ2n) is 3.43. The third kappa shape index (κ3) is 2.68. The fraction of sp³-hybridized carbons (Fsp3) is 0.455. The minimum atomic E-state index is 0.179. The number of rotatable bonds is 3. The summed E-state index contributed by atoms with van der Waals surface area (Å²) < 4.78 is 1.27. The molecule has 1 aromatic rings. The van der Waals surface area contributed by atoms with Gasteiger partial charge in [0.15, 0.2) is 0 Å². The molecule has 1 unspecified atom stereocenters. The summed E-state index contributed by atoms with van der Waals surface area (Å²) in [7, 11) is 0. The van der Waals surface area contributed by atoms with Crippen LogP contribution in [0.25, 0.3) is 0 Å². The zero-order valence-electron chi connectivity index (χ0n) is 8.13. The first-order chi connectivity index (χ1) is 6.16. The van der Waals surface area contributed by atoms with Crippen molar-refractivity contribution < 1.29 is 0 Å². The van der Waals surface area contributed by atoms with Gasteiger partial charge in [0.2, 0.25) is 0 Å². The molecule has 0 saturated carbocycles. The molecule has 0 fully saturated rings. The quantitative estimate of drug-likeness (QED) is 0.849. The Morgan fingerprint density at radius 2 is 2.00 bits per heavy atom. The molecule has 2 atom stereocenters.